The smallest absolute Gasteiger partial charge is 0.305 e. The van der Waals surface area contributed by atoms with Gasteiger partial charge in [-0.3, -0.25) is 9.59 Å². The van der Waals surface area contributed by atoms with Crippen LogP contribution in [-0.2, 0) is 15.3 Å². The summed E-state index contributed by atoms with van der Waals surface area (Å²) in [6.07, 6.45) is 0.403. The molecular weight excluding hydrogens is 302 g/mol. The number of aliphatic carboxylic acids is 1. The maximum Gasteiger partial charge on any atom is 0.305 e. The molecular formula is C16H21NO4S. The molecule has 0 aliphatic carbocycles. The molecule has 1 heterocycles. The Kier molecular flexibility index (Phi) is 5.85. The van der Waals surface area contributed by atoms with E-state index in [1.54, 1.807) is 12.1 Å². The maximum atomic E-state index is 12.3. The van der Waals surface area contributed by atoms with Gasteiger partial charge in [0, 0.05) is 17.9 Å². The molecule has 1 aliphatic rings. The molecule has 0 spiro atoms. The van der Waals surface area contributed by atoms with Gasteiger partial charge in [0.15, 0.2) is 0 Å². The Labute approximate surface area is 134 Å². The molecule has 6 heteroatoms. The van der Waals surface area contributed by atoms with Gasteiger partial charge < -0.3 is 15.2 Å². The fourth-order valence-corrected chi connectivity index (χ4v) is 3.10. The van der Waals surface area contributed by atoms with Crippen molar-refractivity contribution in [2.75, 3.05) is 19.0 Å². The molecule has 0 saturated carbocycles. The summed E-state index contributed by atoms with van der Waals surface area (Å²) >= 11 is 1.83. The van der Waals surface area contributed by atoms with E-state index < -0.39 is 11.5 Å². The first-order chi connectivity index (χ1) is 10.5. The monoisotopic (exact) mass is 323 g/mol. The fraction of sp³-hybridized carbons (Fsp3) is 0.500. The lowest BCUT2D eigenvalue weighted by Gasteiger charge is -2.27. The first-order valence-corrected chi connectivity index (χ1v) is 8.49. The van der Waals surface area contributed by atoms with Gasteiger partial charge in [0.05, 0.1) is 18.6 Å². The lowest BCUT2D eigenvalue weighted by Crippen LogP contribution is -2.50. The van der Waals surface area contributed by atoms with Gasteiger partial charge in [-0.2, -0.15) is 11.8 Å². The van der Waals surface area contributed by atoms with Gasteiger partial charge in [-0.15, -0.1) is 0 Å². The molecule has 1 atom stereocenters. The minimum atomic E-state index is -0.933. The van der Waals surface area contributed by atoms with Crippen molar-refractivity contribution in [3.63, 3.8) is 0 Å². The van der Waals surface area contributed by atoms with Crippen molar-refractivity contribution in [1.29, 1.82) is 0 Å². The summed E-state index contributed by atoms with van der Waals surface area (Å²) < 4.78 is 5.28. The van der Waals surface area contributed by atoms with Crippen molar-refractivity contribution in [3.05, 3.63) is 35.4 Å². The first-order valence-electron chi connectivity index (χ1n) is 7.33. The molecule has 1 unspecified atom stereocenters. The van der Waals surface area contributed by atoms with E-state index in [-0.39, 0.29) is 18.9 Å². The Bertz CT molecular complexity index is 523. The van der Waals surface area contributed by atoms with Crippen molar-refractivity contribution in [1.82, 2.24) is 5.32 Å². The normalized spacial score (nSPS) is 20.8. The van der Waals surface area contributed by atoms with Gasteiger partial charge in [-0.1, -0.05) is 19.1 Å². The number of hydrogen-bond acceptors (Lipinski definition) is 4. The van der Waals surface area contributed by atoms with E-state index in [9.17, 15) is 9.59 Å². The van der Waals surface area contributed by atoms with E-state index >= 15 is 0 Å². The topological polar surface area (TPSA) is 75.6 Å². The first kappa shape index (κ1) is 16.8. The van der Waals surface area contributed by atoms with E-state index in [4.69, 9.17) is 9.84 Å². The van der Waals surface area contributed by atoms with Gasteiger partial charge in [0.2, 0.25) is 0 Å². The van der Waals surface area contributed by atoms with Crippen molar-refractivity contribution < 1.29 is 19.4 Å². The van der Waals surface area contributed by atoms with Crippen LogP contribution in [0.25, 0.3) is 0 Å². The zero-order valence-corrected chi connectivity index (χ0v) is 13.4. The van der Waals surface area contributed by atoms with Gasteiger partial charge in [0.25, 0.3) is 5.91 Å². The van der Waals surface area contributed by atoms with Crippen molar-refractivity contribution >= 4 is 23.6 Å². The highest BCUT2D eigenvalue weighted by Crippen LogP contribution is 2.23. The van der Waals surface area contributed by atoms with E-state index in [0.717, 1.165) is 11.5 Å². The summed E-state index contributed by atoms with van der Waals surface area (Å²) in [5, 5.41) is 11.9. The molecule has 1 amide bonds. The summed E-state index contributed by atoms with van der Waals surface area (Å²) in [4.78, 5) is 23.4. The lowest BCUT2D eigenvalue weighted by molar-refractivity contribution is -0.138. The lowest BCUT2D eigenvalue weighted by atomic mass is 9.93. The zero-order valence-electron chi connectivity index (χ0n) is 12.6. The second-order valence-corrected chi connectivity index (χ2v) is 6.72. The van der Waals surface area contributed by atoms with Crippen LogP contribution in [0.1, 0.15) is 35.7 Å². The Balaban J connectivity index is 2.02. The zero-order chi connectivity index (χ0) is 16.0. The number of rotatable bonds is 7. The molecule has 120 valence electrons. The van der Waals surface area contributed by atoms with Crippen LogP contribution in [0, 0.1) is 0 Å². The largest absolute Gasteiger partial charge is 0.481 e. The Hall–Kier alpha value is -1.53. The van der Waals surface area contributed by atoms with E-state index in [2.05, 4.69) is 12.2 Å². The molecule has 0 bridgehead atoms. The number of carboxylic acid groups (broad SMARTS) is 1. The number of carbonyl (C=O) groups excluding carboxylic acids is 1. The van der Waals surface area contributed by atoms with Crippen LogP contribution in [0.15, 0.2) is 24.3 Å². The highest BCUT2D eigenvalue weighted by Gasteiger charge is 2.38. The minimum Gasteiger partial charge on any atom is -0.481 e. The second kappa shape index (κ2) is 7.65. The van der Waals surface area contributed by atoms with Crippen LogP contribution < -0.4 is 5.32 Å². The number of carboxylic acids is 1. The third-order valence-electron chi connectivity index (χ3n) is 3.66. The molecule has 1 aromatic rings. The van der Waals surface area contributed by atoms with Gasteiger partial charge in [0.1, 0.15) is 0 Å². The Morgan fingerprint density at radius 1 is 1.36 bits per heavy atom. The predicted molar refractivity (Wildman–Crippen MR) is 86.2 cm³/mol. The Morgan fingerprint density at radius 3 is 2.64 bits per heavy atom. The number of thioether (sulfide) groups is 1. The summed E-state index contributed by atoms with van der Waals surface area (Å²) in [5.41, 5.74) is 0.925. The molecule has 22 heavy (non-hydrogen) atoms. The van der Waals surface area contributed by atoms with E-state index in [1.807, 2.05) is 23.9 Å². The number of hydrogen-bond donors (Lipinski definition) is 2. The summed E-state index contributed by atoms with van der Waals surface area (Å²) in [6, 6.07) is 7.44. The number of ether oxygens (including phenoxy) is 1. The van der Waals surface area contributed by atoms with Gasteiger partial charge >= 0.3 is 5.97 Å². The molecule has 1 aromatic carbocycles. The quantitative estimate of drug-likeness (QED) is 0.805. The van der Waals surface area contributed by atoms with E-state index in [0.29, 0.717) is 18.6 Å². The molecule has 1 saturated heterocycles. The van der Waals surface area contributed by atoms with Crippen molar-refractivity contribution in [2.24, 2.45) is 0 Å². The average Bonchev–Trinajstić information content (AvgIpc) is 2.92. The molecule has 5 nitrogen and oxygen atoms in total. The molecule has 2 N–H and O–H groups in total. The SMILES string of the molecule is CCSCc1ccc(C(=O)NC2(CC(=O)O)CCOC2)cc1. The number of benzene rings is 1. The molecule has 0 aromatic heterocycles. The predicted octanol–water partition coefficient (Wildman–Crippen LogP) is 2.30. The Morgan fingerprint density at radius 2 is 2.09 bits per heavy atom. The number of amides is 1. The van der Waals surface area contributed by atoms with Gasteiger partial charge in [-0.25, -0.2) is 0 Å². The van der Waals surface area contributed by atoms with Gasteiger partial charge in [-0.05, 0) is 29.9 Å². The van der Waals surface area contributed by atoms with E-state index in [1.165, 1.54) is 5.56 Å². The number of carbonyl (C=O) groups is 2. The van der Waals surface area contributed by atoms with Crippen LogP contribution in [0.4, 0.5) is 0 Å². The van der Waals surface area contributed by atoms with Crippen LogP contribution in [0.3, 0.4) is 0 Å². The third kappa shape index (κ3) is 4.48. The summed E-state index contributed by atoms with van der Waals surface area (Å²) in [7, 11) is 0. The van der Waals surface area contributed by atoms with Crippen LogP contribution >= 0.6 is 11.8 Å². The highest BCUT2D eigenvalue weighted by molar-refractivity contribution is 7.98. The van der Waals surface area contributed by atoms with Crippen LogP contribution in [-0.4, -0.2) is 41.5 Å². The average molecular weight is 323 g/mol. The van der Waals surface area contributed by atoms with Crippen molar-refractivity contribution in [3.8, 4) is 0 Å². The molecule has 1 aliphatic heterocycles. The summed E-state index contributed by atoms with van der Waals surface area (Å²) in [6.45, 7) is 2.83. The minimum absolute atomic E-state index is 0.121. The highest BCUT2D eigenvalue weighted by atomic mass is 32.2. The fourth-order valence-electron chi connectivity index (χ4n) is 2.46. The van der Waals surface area contributed by atoms with Crippen molar-refractivity contribution in [2.45, 2.75) is 31.1 Å². The second-order valence-electron chi connectivity index (χ2n) is 5.44. The molecule has 0 radical (unpaired) electrons. The number of nitrogens with one attached hydrogen (secondary N) is 1. The summed E-state index contributed by atoms with van der Waals surface area (Å²) in [5.74, 6) is 0.800. The van der Waals surface area contributed by atoms with Crippen LogP contribution in [0.5, 0.6) is 0 Å². The third-order valence-corrected chi connectivity index (χ3v) is 4.61. The van der Waals surface area contributed by atoms with Crippen LogP contribution in [0.2, 0.25) is 0 Å². The molecule has 1 fully saturated rings. The maximum absolute atomic E-state index is 12.3. The standard InChI is InChI=1S/C16H21NO4S/c1-2-22-10-12-3-5-13(6-4-12)15(20)17-16(9-14(18)19)7-8-21-11-16/h3-6H,2,7-11H2,1H3,(H,17,20)(H,18,19). The molecule has 2 rings (SSSR count).